The summed E-state index contributed by atoms with van der Waals surface area (Å²) in [7, 11) is 0. The molecule has 0 saturated carbocycles. The monoisotopic (exact) mass is 361 g/mol. The molecule has 24 heavy (non-hydrogen) atoms. The van der Waals surface area contributed by atoms with Crippen LogP contribution in [0.4, 0.5) is 0 Å². The Morgan fingerprint density at radius 3 is 2.92 bits per heavy atom. The second-order valence-electron chi connectivity index (χ2n) is 6.18. The summed E-state index contributed by atoms with van der Waals surface area (Å²) in [4.78, 5) is 17.2. The zero-order valence-corrected chi connectivity index (χ0v) is 15.3. The van der Waals surface area contributed by atoms with Gasteiger partial charge in [0.05, 0.1) is 9.21 Å². The van der Waals surface area contributed by atoms with E-state index in [1.807, 2.05) is 12.3 Å². The Morgan fingerprint density at radius 1 is 1.38 bits per heavy atom. The van der Waals surface area contributed by atoms with Crippen LogP contribution in [0.1, 0.15) is 29.1 Å². The van der Waals surface area contributed by atoms with Crippen molar-refractivity contribution < 1.29 is 4.79 Å². The molecule has 0 fully saturated rings. The average molecular weight is 362 g/mol. The highest BCUT2D eigenvalue weighted by Crippen LogP contribution is 2.22. The van der Waals surface area contributed by atoms with E-state index in [9.17, 15) is 4.79 Å². The average Bonchev–Trinajstić information content (AvgIpc) is 3.12. The number of thiophene rings is 1. The van der Waals surface area contributed by atoms with Crippen molar-refractivity contribution in [2.45, 2.75) is 26.8 Å². The lowest BCUT2D eigenvalue weighted by Crippen LogP contribution is -2.24. The lowest BCUT2D eigenvalue weighted by molar-refractivity contribution is 0.0958. The number of rotatable bonds is 6. The summed E-state index contributed by atoms with van der Waals surface area (Å²) in [6, 6.07) is 7.54. The van der Waals surface area contributed by atoms with E-state index in [1.54, 1.807) is 12.1 Å². The van der Waals surface area contributed by atoms with Gasteiger partial charge in [-0.05, 0) is 42.2 Å². The minimum atomic E-state index is -0.0732. The number of hydrogen-bond donors (Lipinski definition) is 1. The maximum Gasteiger partial charge on any atom is 0.261 e. The van der Waals surface area contributed by atoms with Crippen LogP contribution in [-0.2, 0) is 13.0 Å². The lowest BCUT2D eigenvalue weighted by atomic mass is 10.1. The molecule has 0 radical (unpaired) electrons. The van der Waals surface area contributed by atoms with Crippen molar-refractivity contribution in [2.24, 2.45) is 5.92 Å². The number of carbonyl (C=O) groups excluding carboxylic acids is 1. The topological polar surface area (TPSA) is 46.9 Å². The Kier molecular flexibility index (Phi) is 5.21. The molecule has 1 amide bonds. The van der Waals surface area contributed by atoms with Gasteiger partial charge < -0.3 is 9.88 Å². The highest BCUT2D eigenvalue weighted by molar-refractivity contribution is 7.17. The molecule has 126 valence electrons. The third-order valence-corrected chi connectivity index (χ3v) is 4.99. The Morgan fingerprint density at radius 2 is 2.21 bits per heavy atom. The van der Waals surface area contributed by atoms with Crippen molar-refractivity contribution >= 4 is 39.9 Å². The molecule has 0 aliphatic heterocycles. The lowest BCUT2D eigenvalue weighted by Gasteiger charge is -2.06. The Bertz CT molecular complexity index is 853. The molecule has 0 unspecified atom stereocenters. The van der Waals surface area contributed by atoms with Gasteiger partial charge in [0.15, 0.2) is 0 Å². The number of halogens is 1. The van der Waals surface area contributed by atoms with Gasteiger partial charge in [-0.1, -0.05) is 25.4 Å². The van der Waals surface area contributed by atoms with Gasteiger partial charge in [-0.15, -0.1) is 11.3 Å². The van der Waals surface area contributed by atoms with Crippen molar-refractivity contribution in [3.05, 3.63) is 51.4 Å². The van der Waals surface area contributed by atoms with Crippen LogP contribution in [0, 0.1) is 5.92 Å². The standard InChI is InChI=1S/C18H20ClN3OS/c1-12(2)10-22-11-13(14-4-3-8-20-17(14)22)7-9-21-18(23)15-5-6-16(19)24-15/h3-6,8,11-12H,7,9-10H2,1-2H3,(H,21,23). The fourth-order valence-electron chi connectivity index (χ4n) is 2.76. The van der Waals surface area contributed by atoms with Crippen LogP contribution in [0.5, 0.6) is 0 Å². The number of nitrogens with one attached hydrogen (secondary N) is 1. The van der Waals surface area contributed by atoms with Crippen LogP contribution in [-0.4, -0.2) is 22.0 Å². The third kappa shape index (κ3) is 3.79. The Hall–Kier alpha value is -1.85. The molecule has 1 N–H and O–H groups in total. The molecule has 0 saturated heterocycles. The maximum absolute atomic E-state index is 12.1. The van der Waals surface area contributed by atoms with E-state index in [2.05, 4.69) is 41.0 Å². The number of aromatic nitrogens is 2. The normalized spacial score (nSPS) is 11.3. The molecule has 0 bridgehead atoms. The summed E-state index contributed by atoms with van der Waals surface area (Å²) in [5.41, 5.74) is 2.22. The molecule has 6 heteroatoms. The third-order valence-electron chi connectivity index (χ3n) is 3.76. The highest BCUT2D eigenvalue weighted by Gasteiger charge is 2.12. The van der Waals surface area contributed by atoms with Crippen molar-refractivity contribution in [3.63, 3.8) is 0 Å². The Labute approximate surface area is 150 Å². The number of nitrogens with zero attached hydrogens (tertiary/aromatic N) is 2. The van der Waals surface area contributed by atoms with E-state index in [1.165, 1.54) is 16.9 Å². The van der Waals surface area contributed by atoms with Crippen molar-refractivity contribution in [3.8, 4) is 0 Å². The molecule has 3 aromatic rings. The summed E-state index contributed by atoms with van der Waals surface area (Å²) < 4.78 is 2.83. The minimum absolute atomic E-state index is 0.0732. The molecule has 0 aliphatic carbocycles. The number of hydrogen-bond acceptors (Lipinski definition) is 3. The largest absolute Gasteiger partial charge is 0.351 e. The predicted molar refractivity (Wildman–Crippen MR) is 99.9 cm³/mol. The summed E-state index contributed by atoms with van der Waals surface area (Å²) in [5.74, 6) is 0.481. The van der Waals surface area contributed by atoms with Gasteiger partial charge in [-0.3, -0.25) is 4.79 Å². The van der Waals surface area contributed by atoms with Crippen molar-refractivity contribution in [1.29, 1.82) is 0 Å². The molecule has 3 rings (SSSR count). The van der Waals surface area contributed by atoms with Crippen LogP contribution in [0.2, 0.25) is 4.34 Å². The van der Waals surface area contributed by atoms with Gasteiger partial charge in [-0.2, -0.15) is 0 Å². The highest BCUT2D eigenvalue weighted by atomic mass is 35.5. The van der Waals surface area contributed by atoms with Gasteiger partial charge in [0.25, 0.3) is 5.91 Å². The first-order valence-corrected chi connectivity index (χ1v) is 9.20. The number of amides is 1. The zero-order valence-electron chi connectivity index (χ0n) is 13.8. The van der Waals surface area contributed by atoms with Crippen LogP contribution in [0.3, 0.4) is 0 Å². The van der Waals surface area contributed by atoms with Gasteiger partial charge >= 0.3 is 0 Å². The molecular weight excluding hydrogens is 342 g/mol. The van der Waals surface area contributed by atoms with E-state index in [0.717, 1.165) is 24.0 Å². The molecular formula is C18H20ClN3OS. The van der Waals surface area contributed by atoms with E-state index < -0.39 is 0 Å². The van der Waals surface area contributed by atoms with Crippen LogP contribution in [0.15, 0.2) is 36.7 Å². The second kappa shape index (κ2) is 7.36. The smallest absolute Gasteiger partial charge is 0.261 e. The van der Waals surface area contributed by atoms with Crippen molar-refractivity contribution in [2.75, 3.05) is 6.54 Å². The maximum atomic E-state index is 12.1. The SMILES string of the molecule is CC(C)Cn1cc(CCNC(=O)c2ccc(Cl)s2)c2cccnc21. The number of fused-ring (bicyclic) bond motifs is 1. The fourth-order valence-corrected chi connectivity index (χ4v) is 3.72. The van der Waals surface area contributed by atoms with Crippen molar-refractivity contribution in [1.82, 2.24) is 14.9 Å². The molecule has 0 atom stereocenters. The minimum Gasteiger partial charge on any atom is -0.351 e. The van der Waals surface area contributed by atoms with Gasteiger partial charge in [0.2, 0.25) is 0 Å². The van der Waals surface area contributed by atoms with Gasteiger partial charge in [0, 0.05) is 30.9 Å². The number of pyridine rings is 1. The number of carbonyl (C=O) groups is 1. The van der Waals surface area contributed by atoms with E-state index in [-0.39, 0.29) is 5.91 Å². The van der Waals surface area contributed by atoms with Crippen LogP contribution < -0.4 is 5.32 Å². The molecule has 0 spiro atoms. The Balaban J connectivity index is 1.70. The zero-order chi connectivity index (χ0) is 17.1. The van der Waals surface area contributed by atoms with E-state index in [4.69, 9.17) is 11.6 Å². The molecule has 0 aromatic carbocycles. The summed E-state index contributed by atoms with van der Waals surface area (Å²) in [6.45, 7) is 5.92. The van der Waals surface area contributed by atoms with Crippen LogP contribution in [0.25, 0.3) is 11.0 Å². The fraction of sp³-hybridized carbons (Fsp3) is 0.333. The first-order chi connectivity index (χ1) is 11.5. The van der Waals surface area contributed by atoms with Gasteiger partial charge in [0.1, 0.15) is 5.65 Å². The molecule has 3 heterocycles. The second-order valence-corrected chi connectivity index (χ2v) is 7.90. The summed E-state index contributed by atoms with van der Waals surface area (Å²) in [5, 5.41) is 4.12. The quantitative estimate of drug-likeness (QED) is 0.708. The first-order valence-electron chi connectivity index (χ1n) is 8.01. The molecule has 4 nitrogen and oxygen atoms in total. The van der Waals surface area contributed by atoms with E-state index in [0.29, 0.717) is 21.7 Å². The predicted octanol–water partition coefficient (Wildman–Crippen LogP) is 4.38. The van der Waals surface area contributed by atoms with E-state index >= 15 is 0 Å². The van der Waals surface area contributed by atoms with Crippen LogP contribution >= 0.6 is 22.9 Å². The summed E-state index contributed by atoms with van der Waals surface area (Å²) >= 11 is 7.17. The summed E-state index contributed by atoms with van der Waals surface area (Å²) in [6.07, 6.45) is 4.76. The van der Waals surface area contributed by atoms with Gasteiger partial charge in [-0.25, -0.2) is 4.98 Å². The molecule has 3 aromatic heterocycles. The first kappa shape index (κ1) is 17.0. The molecule has 0 aliphatic rings.